The molecule has 0 bridgehead atoms. The first-order chi connectivity index (χ1) is 7.25. The summed E-state index contributed by atoms with van der Waals surface area (Å²) in [6.07, 6.45) is 0. The molecule has 0 aliphatic carbocycles. The Labute approximate surface area is 105 Å². The minimum absolute atomic E-state index is 0.466. The maximum Gasteiger partial charge on any atom is 0.180 e. The molecule has 0 saturated heterocycles. The van der Waals surface area contributed by atoms with Crippen LogP contribution in [0.3, 0.4) is 0 Å². The number of aromatic nitrogens is 1. The number of halogens is 1. The molecule has 0 amide bonds. The summed E-state index contributed by atoms with van der Waals surface area (Å²) in [5.41, 5.74) is 6.40. The monoisotopic (exact) mass is 332 g/mol. The van der Waals surface area contributed by atoms with Crippen molar-refractivity contribution in [2.45, 2.75) is 6.61 Å². The molecule has 0 saturated carbocycles. The van der Waals surface area contributed by atoms with Crippen molar-refractivity contribution in [1.29, 1.82) is 0 Å². The van der Waals surface area contributed by atoms with E-state index in [0.29, 0.717) is 11.7 Å². The highest BCUT2D eigenvalue weighted by atomic mass is 127. The summed E-state index contributed by atoms with van der Waals surface area (Å²) in [6, 6.07) is 7.88. The van der Waals surface area contributed by atoms with Gasteiger partial charge in [-0.15, -0.1) is 11.3 Å². The van der Waals surface area contributed by atoms with Crippen LogP contribution in [0.25, 0.3) is 0 Å². The van der Waals surface area contributed by atoms with Crippen LogP contribution >= 0.6 is 33.9 Å². The fourth-order valence-electron chi connectivity index (χ4n) is 1.10. The van der Waals surface area contributed by atoms with Gasteiger partial charge in [-0.25, -0.2) is 4.98 Å². The second-order valence-electron chi connectivity index (χ2n) is 2.90. The summed E-state index contributed by atoms with van der Waals surface area (Å²) in [6.45, 7) is 0.466. The number of nitrogens with two attached hydrogens (primary N) is 1. The van der Waals surface area contributed by atoms with Gasteiger partial charge in [0.05, 0.1) is 9.26 Å². The summed E-state index contributed by atoms with van der Waals surface area (Å²) < 4.78 is 6.71. The Kier molecular flexibility index (Phi) is 3.42. The zero-order chi connectivity index (χ0) is 10.7. The number of rotatable bonds is 3. The zero-order valence-corrected chi connectivity index (χ0v) is 10.8. The highest BCUT2D eigenvalue weighted by Crippen LogP contribution is 2.21. The van der Waals surface area contributed by atoms with Crippen LogP contribution < -0.4 is 10.5 Å². The standard InChI is InChI=1S/C10H9IN2OS/c11-8-3-1-2-4-9(8)14-5-7-6-15-10(12)13-7/h1-4,6H,5H2,(H2,12,13). The largest absolute Gasteiger partial charge is 0.486 e. The molecule has 0 aliphatic heterocycles. The lowest BCUT2D eigenvalue weighted by Gasteiger charge is -2.05. The van der Waals surface area contributed by atoms with Crippen LogP contribution in [0.4, 0.5) is 5.13 Å². The van der Waals surface area contributed by atoms with E-state index in [1.807, 2.05) is 29.6 Å². The lowest BCUT2D eigenvalue weighted by Crippen LogP contribution is -1.97. The molecule has 0 aliphatic rings. The van der Waals surface area contributed by atoms with Crippen molar-refractivity contribution in [3.63, 3.8) is 0 Å². The van der Waals surface area contributed by atoms with Crippen molar-refractivity contribution in [1.82, 2.24) is 4.98 Å². The highest BCUT2D eigenvalue weighted by Gasteiger charge is 2.02. The molecular weight excluding hydrogens is 323 g/mol. The summed E-state index contributed by atoms with van der Waals surface area (Å²) in [7, 11) is 0. The molecule has 0 fully saturated rings. The summed E-state index contributed by atoms with van der Waals surface area (Å²) >= 11 is 3.67. The molecule has 3 nitrogen and oxygen atoms in total. The van der Waals surface area contributed by atoms with Crippen LogP contribution in [0.2, 0.25) is 0 Å². The number of nitrogens with zero attached hydrogens (tertiary/aromatic N) is 1. The maximum atomic E-state index is 5.62. The minimum atomic E-state index is 0.466. The molecule has 0 spiro atoms. The van der Waals surface area contributed by atoms with Gasteiger partial charge in [0.25, 0.3) is 0 Å². The Hall–Kier alpha value is -0.820. The number of anilines is 1. The van der Waals surface area contributed by atoms with E-state index < -0.39 is 0 Å². The summed E-state index contributed by atoms with van der Waals surface area (Å²) in [4.78, 5) is 4.12. The van der Waals surface area contributed by atoms with Gasteiger partial charge in [0.15, 0.2) is 5.13 Å². The van der Waals surface area contributed by atoms with E-state index >= 15 is 0 Å². The Bertz CT molecular complexity index is 458. The van der Waals surface area contributed by atoms with Crippen LogP contribution in [-0.4, -0.2) is 4.98 Å². The van der Waals surface area contributed by atoms with Crippen molar-refractivity contribution >= 4 is 39.1 Å². The van der Waals surface area contributed by atoms with Gasteiger partial charge >= 0.3 is 0 Å². The van der Waals surface area contributed by atoms with E-state index in [4.69, 9.17) is 10.5 Å². The number of hydrogen-bond donors (Lipinski definition) is 1. The van der Waals surface area contributed by atoms with Gasteiger partial charge in [-0.05, 0) is 34.7 Å². The lowest BCUT2D eigenvalue weighted by molar-refractivity contribution is 0.300. The Morgan fingerprint density at radius 3 is 2.87 bits per heavy atom. The summed E-state index contributed by atoms with van der Waals surface area (Å²) in [5.74, 6) is 0.879. The smallest absolute Gasteiger partial charge is 0.180 e. The van der Waals surface area contributed by atoms with E-state index in [1.165, 1.54) is 11.3 Å². The number of para-hydroxylation sites is 1. The molecule has 0 unspecified atom stereocenters. The normalized spacial score (nSPS) is 10.2. The van der Waals surface area contributed by atoms with E-state index in [0.717, 1.165) is 15.0 Å². The number of benzene rings is 1. The van der Waals surface area contributed by atoms with Crippen LogP contribution in [0.15, 0.2) is 29.6 Å². The van der Waals surface area contributed by atoms with Crippen molar-refractivity contribution in [3.8, 4) is 5.75 Å². The molecule has 1 aromatic heterocycles. The summed E-state index contributed by atoms with van der Waals surface area (Å²) in [5, 5.41) is 2.49. The first kappa shape index (κ1) is 10.7. The van der Waals surface area contributed by atoms with Gasteiger partial charge < -0.3 is 10.5 Å². The molecule has 2 rings (SSSR count). The van der Waals surface area contributed by atoms with Crippen molar-refractivity contribution in [3.05, 3.63) is 38.9 Å². The van der Waals surface area contributed by atoms with Gasteiger partial charge in [0.1, 0.15) is 12.4 Å². The SMILES string of the molecule is Nc1nc(COc2ccccc2I)cs1. The number of hydrogen-bond acceptors (Lipinski definition) is 4. The van der Waals surface area contributed by atoms with Crippen molar-refractivity contribution < 1.29 is 4.74 Å². The second kappa shape index (κ2) is 4.80. The third-order valence-electron chi connectivity index (χ3n) is 1.78. The topological polar surface area (TPSA) is 48.1 Å². The van der Waals surface area contributed by atoms with Crippen LogP contribution in [0.5, 0.6) is 5.75 Å². The first-order valence-electron chi connectivity index (χ1n) is 4.33. The van der Waals surface area contributed by atoms with E-state index in [2.05, 4.69) is 27.6 Å². The molecule has 2 N–H and O–H groups in total. The molecule has 1 aromatic carbocycles. The molecule has 0 atom stereocenters. The lowest BCUT2D eigenvalue weighted by atomic mass is 10.3. The number of thiazole rings is 1. The minimum Gasteiger partial charge on any atom is -0.486 e. The fourth-order valence-corrected chi connectivity index (χ4v) is 2.19. The third kappa shape index (κ3) is 2.82. The van der Waals surface area contributed by atoms with Crippen LogP contribution in [0.1, 0.15) is 5.69 Å². The highest BCUT2D eigenvalue weighted by molar-refractivity contribution is 14.1. The molecule has 2 aromatic rings. The van der Waals surface area contributed by atoms with Crippen LogP contribution in [-0.2, 0) is 6.61 Å². The van der Waals surface area contributed by atoms with Gasteiger partial charge in [-0.3, -0.25) is 0 Å². The predicted octanol–water partition coefficient (Wildman–Crippen LogP) is 2.91. The molecule has 15 heavy (non-hydrogen) atoms. The Balaban J connectivity index is 2.02. The molecule has 1 heterocycles. The van der Waals surface area contributed by atoms with E-state index in [1.54, 1.807) is 0 Å². The van der Waals surface area contributed by atoms with Gasteiger partial charge in [0.2, 0.25) is 0 Å². The van der Waals surface area contributed by atoms with Gasteiger partial charge in [-0.1, -0.05) is 12.1 Å². The maximum absolute atomic E-state index is 5.62. The Morgan fingerprint density at radius 2 is 2.20 bits per heavy atom. The average molecular weight is 332 g/mol. The quantitative estimate of drug-likeness (QED) is 0.880. The van der Waals surface area contributed by atoms with E-state index in [9.17, 15) is 0 Å². The molecular formula is C10H9IN2OS. The van der Waals surface area contributed by atoms with Gasteiger partial charge in [-0.2, -0.15) is 0 Å². The predicted molar refractivity (Wildman–Crippen MR) is 70.0 cm³/mol. The molecule has 0 radical (unpaired) electrons. The number of nitrogen functional groups attached to an aromatic ring is 1. The molecule has 5 heteroatoms. The first-order valence-corrected chi connectivity index (χ1v) is 6.29. The Morgan fingerprint density at radius 1 is 1.40 bits per heavy atom. The average Bonchev–Trinajstić information content (AvgIpc) is 2.63. The third-order valence-corrected chi connectivity index (χ3v) is 3.40. The second-order valence-corrected chi connectivity index (χ2v) is 4.95. The van der Waals surface area contributed by atoms with Gasteiger partial charge in [0, 0.05) is 5.38 Å². The van der Waals surface area contributed by atoms with Crippen LogP contribution in [0, 0.1) is 3.57 Å². The molecule has 78 valence electrons. The zero-order valence-electron chi connectivity index (χ0n) is 7.81. The van der Waals surface area contributed by atoms with E-state index in [-0.39, 0.29) is 0 Å². The fraction of sp³-hybridized carbons (Fsp3) is 0.100. The number of ether oxygens (including phenoxy) is 1. The van der Waals surface area contributed by atoms with Crippen molar-refractivity contribution in [2.75, 3.05) is 5.73 Å². The van der Waals surface area contributed by atoms with Crippen molar-refractivity contribution in [2.24, 2.45) is 0 Å².